The SMILES string of the molecule is COC1CN(c2ccc(C(=O)N[C@@H](C)CO)nc2OCC2(COCCF)COC2)C1. The highest BCUT2D eigenvalue weighted by molar-refractivity contribution is 5.93. The maximum absolute atomic E-state index is 12.4. The molecule has 0 spiro atoms. The fraction of sp³-hybridized carbons (Fsp3) is 0.700. The molecule has 1 atom stereocenters. The van der Waals surface area contributed by atoms with E-state index in [2.05, 4.69) is 15.2 Å². The lowest BCUT2D eigenvalue weighted by Gasteiger charge is -2.42. The lowest BCUT2D eigenvalue weighted by Crippen LogP contribution is -2.52. The number of aromatic nitrogens is 1. The topological polar surface area (TPSA) is 102 Å². The molecule has 168 valence electrons. The molecule has 0 bridgehead atoms. The zero-order valence-electron chi connectivity index (χ0n) is 17.4. The van der Waals surface area contributed by atoms with Gasteiger partial charge < -0.3 is 34.3 Å². The Balaban J connectivity index is 1.73. The number of aliphatic hydroxyl groups is 1. The average molecular weight is 427 g/mol. The zero-order valence-corrected chi connectivity index (χ0v) is 17.4. The van der Waals surface area contributed by atoms with Gasteiger partial charge in [-0.15, -0.1) is 0 Å². The van der Waals surface area contributed by atoms with Crippen molar-refractivity contribution in [3.05, 3.63) is 17.8 Å². The molecule has 2 aliphatic rings. The van der Waals surface area contributed by atoms with Crippen molar-refractivity contribution in [1.29, 1.82) is 0 Å². The second-order valence-electron chi connectivity index (χ2n) is 7.86. The number of aliphatic hydroxyl groups excluding tert-OH is 1. The molecule has 0 aliphatic carbocycles. The second-order valence-corrected chi connectivity index (χ2v) is 7.86. The number of pyridine rings is 1. The maximum Gasteiger partial charge on any atom is 0.270 e. The Labute approximate surface area is 175 Å². The molecule has 2 saturated heterocycles. The standard InChI is InChI=1S/C20H30FN3O6/c1-14(9-25)22-18(26)16-3-4-17(24-7-15(8-24)27-2)19(23-16)30-13-20(11-29-12-20)10-28-6-5-21/h3-4,14-15,25H,5-13H2,1-2H3,(H,22,26)/t14-/m0/s1. The molecule has 3 rings (SSSR count). The monoisotopic (exact) mass is 427 g/mol. The van der Waals surface area contributed by atoms with E-state index in [4.69, 9.17) is 24.1 Å². The summed E-state index contributed by atoms with van der Waals surface area (Å²) in [6.07, 6.45) is 0.145. The zero-order chi connectivity index (χ0) is 21.6. The third-order valence-corrected chi connectivity index (χ3v) is 5.21. The molecule has 30 heavy (non-hydrogen) atoms. The Bertz CT molecular complexity index is 712. The van der Waals surface area contributed by atoms with Crippen LogP contribution in [0.2, 0.25) is 0 Å². The summed E-state index contributed by atoms with van der Waals surface area (Å²) in [4.78, 5) is 18.9. The fourth-order valence-electron chi connectivity index (χ4n) is 3.20. The Kier molecular flexibility index (Phi) is 7.81. The molecule has 9 nitrogen and oxygen atoms in total. The van der Waals surface area contributed by atoms with Crippen molar-refractivity contribution in [2.24, 2.45) is 5.41 Å². The second kappa shape index (κ2) is 10.3. The van der Waals surface area contributed by atoms with Gasteiger partial charge in [-0.1, -0.05) is 0 Å². The minimum absolute atomic E-state index is 0.0378. The van der Waals surface area contributed by atoms with Crippen molar-refractivity contribution in [2.75, 3.05) is 71.4 Å². The molecule has 10 heteroatoms. The first-order valence-electron chi connectivity index (χ1n) is 10.0. The Morgan fingerprint density at radius 3 is 2.80 bits per heavy atom. The highest BCUT2D eigenvalue weighted by Crippen LogP contribution is 2.34. The van der Waals surface area contributed by atoms with E-state index in [9.17, 15) is 9.18 Å². The third-order valence-electron chi connectivity index (χ3n) is 5.21. The number of alkyl halides is 1. The average Bonchev–Trinajstić information content (AvgIpc) is 2.69. The van der Waals surface area contributed by atoms with Gasteiger partial charge in [0.15, 0.2) is 0 Å². The first-order chi connectivity index (χ1) is 14.5. The molecule has 3 heterocycles. The van der Waals surface area contributed by atoms with Crippen LogP contribution >= 0.6 is 0 Å². The van der Waals surface area contributed by atoms with Crippen molar-refractivity contribution in [3.63, 3.8) is 0 Å². The summed E-state index contributed by atoms with van der Waals surface area (Å²) in [5, 5.41) is 11.8. The summed E-state index contributed by atoms with van der Waals surface area (Å²) in [5.41, 5.74) is 0.613. The first kappa shape index (κ1) is 22.7. The van der Waals surface area contributed by atoms with Crippen LogP contribution in [0.15, 0.2) is 12.1 Å². The van der Waals surface area contributed by atoms with E-state index in [1.807, 2.05) is 0 Å². The van der Waals surface area contributed by atoms with Crippen molar-refractivity contribution in [1.82, 2.24) is 10.3 Å². The molecule has 2 N–H and O–H groups in total. The van der Waals surface area contributed by atoms with Gasteiger partial charge in [0, 0.05) is 26.2 Å². The molecule has 0 radical (unpaired) electrons. The van der Waals surface area contributed by atoms with Gasteiger partial charge in [-0.2, -0.15) is 0 Å². The number of halogens is 1. The fourth-order valence-corrected chi connectivity index (χ4v) is 3.20. The van der Waals surface area contributed by atoms with Crippen LogP contribution in [-0.4, -0.2) is 94.7 Å². The molecule has 1 aromatic rings. The molecule has 1 aromatic heterocycles. The lowest BCUT2D eigenvalue weighted by atomic mass is 9.88. The molecule has 0 saturated carbocycles. The number of rotatable bonds is 12. The molecule has 1 amide bonds. The lowest BCUT2D eigenvalue weighted by molar-refractivity contribution is -0.164. The van der Waals surface area contributed by atoms with E-state index < -0.39 is 6.67 Å². The number of anilines is 1. The minimum atomic E-state index is -0.539. The smallest absolute Gasteiger partial charge is 0.270 e. The van der Waals surface area contributed by atoms with Gasteiger partial charge in [0.2, 0.25) is 5.88 Å². The van der Waals surface area contributed by atoms with E-state index in [1.165, 1.54) is 0 Å². The predicted molar refractivity (Wildman–Crippen MR) is 107 cm³/mol. The van der Waals surface area contributed by atoms with Gasteiger partial charge in [-0.3, -0.25) is 4.79 Å². The van der Waals surface area contributed by atoms with Gasteiger partial charge in [-0.25, -0.2) is 9.37 Å². The highest BCUT2D eigenvalue weighted by atomic mass is 19.1. The summed E-state index contributed by atoms with van der Waals surface area (Å²) >= 11 is 0. The van der Waals surface area contributed by atoms with E-state index >= 15 is 0 Å². The van der Waals surface area contributed by atoms with Gasteiger partial charge in [0.05, 0.1) is 44.6 Å². The van der Waals surface area contributed by atoms with Crippen molar-refractivity contribution >= 4 is 11.6 Å². The van der Waals surface area contributed by atoms with E-state index in [-0.39, 0.29) is 49.0 Å². The molecular formula is C20H30FN3O6. The van der Waals surface area contributed by atoms with Crippen LogP contribution in [-0.2, 0) is 14.2 Å². The van der Waals surface area contributed by atoms with Gasteiger partial charge in [0.1, 0.15) is 24.7 Å². The predicted octanol–water partition coefficient (Wildman–Crippen LogP) is 0.409. The number of methoxy groups -OCH3 is 1. The number of ether oxygens (including phenoxy) is 4. The van der Waals surface area contributed by atoms with Crippen LogP contribution in [0, 0.1) is 5.41 Å². The Morgan fingerprint density at radius 2 is 2.20 bits per heavy atom. The van der Waals surface area contributed by atoms with Crippen LogP contribution < -0.4 is 15.0 Å². The number of nitrogens with zero attached hydrogens (tertiary/aromatic N) is 2. The van der Waals surface area contributed by atoms with E-state index in [1.54, 1.807) is 26.2 Å². The summed E-state index contributed by atoms with van der Waals surface area (Å²) in [6, 6.07) is 3.05. The Morgan fingerprint density at radius 1 is 1.43 bits per heavy atom. The normalized spacial score (nSPS) is 19.0. The number of carbonyl (C=O) groups excluding carboxylic acids is 1. The van der Waals surface area contributed by atoms with Crippen LogP contribution in [0.5, 0.6) is 5.88 Å². The first-order valence-corrected chi connectivity index (χ1v) is 10.0. The molecule has 0 aromatic carbocycles. The van der Waals surface area contributed by atoms with Crippen LogP contribution in [0.25, 0.3) is 0 Å². The summed E-state index contributed by atoms with van der Waals surface area (Å²) < 4.78 is 34.4. The van der Waals surface area contributed by atoms with E-state index in [0.717, 1.165) is 5.69 Å². The van der Waals surface area contributed by atoms with Crippen LogP contribution in [0.3, 0.4) is 0 Å². The minimum Gasteiger partial charge on any atom is -0.475 e. The maximum atomic E-state index is 12.4. The summed E-state index contributed by atoms with van der Waals surface area (Å²) in [7, 11) is 1.67. The van der Waals surface area contributed by atoms with Crippen molar-refractivity contribution < 1.29 is 33.2 Å². The number of hydrogen-bond acceptors (Lipinski definition) is 8. The van der Waals surface area contributed by atoms with Crippen LogP contribution in [0.4, 0.5) is 10.1 Å². The summed E-state index contributed by atoms with van der Waals surface area (Å²) in [6.45, 7) is 3.96. The van der Waals surface area contributed by atoms with Gasteiger partial charge in [-0.05, 0) is 19.1 Å². The van der Waals surface area contributed by atoms with Crippen LogP contribution in [0.1, 0.15) is 17.4 Å². The van der Waals surface area contributed by atoms with Crippen molar-refractivity contribution in [3.8, 4) is 5.88 Å². The molecule has 0 unspecified atom stereocenters. The van der Waals surface area contributed by atoms with E-state index in [0.29, 0.717) is 38.8 Å². The number of amides is 1. The quantitative estimate of drug-likeness (QED) is 0.463. The number of hydrogen-bond donors (Lipinski definition) is 2. The summed E-state index contributed by atoms with van der Waals surface area (Å²) in [5.74, 6) is -0.0510. The molecule has 2 aliphatic heterocycles. The van der Waals surface area contributed by atoms with Crippen molar-refractivity contribution in [2.45, 2.75) is 19.1 Å². The van der Waals surface area contributed by atoms with Gasteiger partial charge in [0.25, 0.3) is 5.91 Å². The highest BCUT2D eigenvalue weighted by Gasteiger charge is 2.41. The largest absolute Gasteiger partial charge is 0.475 e. The molecule has 2 fully saturated rings. The van der Waals surface area contributed by atoms with Gasteiger partial charge >= 0.3 is 0 Å². The number of carbonyl (C=O) groups is 1. The third kappa shape index (κ3) is 5.37. The number of nitrogens with one attached hydrogen (secondary N) is 1. The Hall–Kier alpha value is -2.01. The molecular weight excluding hydrogens is 397 g/mol.